The minimum atomic E-state index is -1.07. The molecule has 19 heavy (non-hydrogen) atoms. The lowest BCUT2D eigenvalue weighted by Gasteiger charge is -2.13. The van der Waals surface area contributed by atoms with Crippen molar-refractivity contribution in [2.45, 2.75) is 6.10 Å². The van der Waals surface area contributed by atoms with Gasteiger partial charge in [0.2, 0.25) is 5.82 Å². The summed E-state index contributed by atoms with van der Waals surface area (Å²) in [5.74, 6) is -2.29. The minimum Gasteiger partial charge on any atom is -0.487 e. The molecule has 2 rings (SSSR count). The Hall–Kier alpha value is -2.14. The fourth-order valence-corrected chi connectivity index (χ4v) is 1.63. The highest BCUT2D eigenvalue weighted by atomic mass is 19.2. The van der Waals surface area contributed by atoms with Gasteiger partial charge in [-0.15, -0.1) is 0 Å². The van der Waals surface area contributed by atoms with Gasteiger partial charge in [0, 0.05) is 5.69 Å². The number of nitrogen functional groups attached to an aromatic ring is 1. The summed E-state index contributed by atoms with van der Waals surface area (Å²) in [6, 6.07) is 10.3. The molecule has 0 aromatic heterocycles. The maximum absolute atomic E-state index is 13.3. The lowest BCUT2D eigenvalue weighted by atomic mass is 10.1. The molecule has 0 spiro atoms. The highest BCUT2D eigenvalue weighted by molar-refractivity contribution is 5.41. The van der Waals surface area contributed by atoms with Gasteiger partial charge in [-0.25, -0.2) is 4.39 Å². The molecule has 0 aliphatic heterocycles. The van der Waals surface area contributed by atoms with Gasteiger partial charge in [-0.2, -0.15) is 4.39 Å². The molecule has 0 aliphatic carbocycles. The molecule has 100 valence electrons. The largest absolute Gasteiger partial charge is 0.487 e. The Morgan fingerprint density at radius 3 is 2.63 bits per heavy atom. The van der Waals surface area contributed by atoms with Crippen molar-refractivity contribution in [2.24, 2.45) is 0 Å². The smallest absolute Gasteiger partial charge is 0.200 e. The van der Waals surface area contributed by atoms with Gasteiger partial charge in [-0.05, 0) is 29.8 Å². The maximum atomic E-state index is 13.3. The molecule has 0 saturated heterocycles. The minimum absolute atomic E-state index is 0.191. The van der Waals surface area contributed by atoms with Crippen LogP contribution in [0.25, 0.3) is 0 Å². The molecule has 3 nitrogen and oxygen atoms in total. The van der Waals surface area contributed by atoms with Gasteiger partial charge in [-0.3, -0.25) is 0 Å². The lowest BCUT2D eigenvalue weighted by molar-refractivity contribution is 0.105. The maximum Gasteiger partial charge on any atom is 0.200 e. The van der Waals surface area contributed by atoms with E-state index < -0.39 is 17.7 Å². The first-order valence-electron chi connectivity index (χ1n) is 5.68. The number of rotatable bonds is 4. The summed E-state index contributed by atoms with van der Waals surface area (Å²) in [4.78, 5) is 0. The molecule has 2 aromatic rings. The Morgan fingerprint density at radius 1 is 1.16 bits per heavy atom. The second-order valence-corrected chi connectivity index (χ2v) is 4.05. The van der Waals surface area contributed by atoms with Crippen LogP contribution in [-0.4, -0.2) is 11.7 Å². The number of anilines is 1. The molecule has 3 N–H and O–H groups in total. The quantitative estimate of drug-likeness (QED) is 0.836. The molecule has 0 bridgehead atoms. The van der Waals surface area contributed by atoms with Crippen LogP contribution in [0.3, 0.4) is 0 Å². The van der Waals surface area contributed by atoms with Gasteiger partial charge in [0.05, 0.1) is 0 Å². The molecule has 5 heteroatoms. The van der Waals surface area contributed by atoms with Gasteiger partial charge < -0.3 is 15.6 Å². The van der Waals surface area contributed by atoms with Gasteiger partial charge >= 0.3 is 0 Å². The summed E-state index contributed by atoms with van der Waals surface area (Å²) in [6.07, 6.45) is -0.967. The summed E-state index contributed by atoms with van der Waals surface area (Å²) in [6.45, 7) is -0.191. The van der Waals surface area contributed by atoms with Crippen LogP contribution in [0, 0.1) is 11.6 Å². The van der Waals surface area contributed by atoms with Crippen LogP contribution in [0.1, 0.15) is 11.7 Å². The van der Waals surface area contributed by atoms with Crippen molar-refractivity contribution in [3.8, 4) is 5.75 Å². The van der Waals surface area contributed by atoms with E-state index in [-0.39, 0.29) is 12.4 Å². The zero-order valence-electron chi connectivity index (χ0n) is 10.0. The predicted octanol–water partition coefficient (Wildman–Crippen LogP) is 2.66. The van der Waals surface area contributed by atoms with Crippen molar-refractivity contribution in [1.82, 2.24) is 0 Å². The van der Waals surface area contributed by atoms with Crippen molar-refractivity contribution >= 4 is 5.69 Å². The van der Waals surface area contributed by atoms with E-state index in [9.17, 15) is 13.9 Å². The topological polar surface area (TPSA) is 55.5 Å². The predicted molar refractivity (Wildman–Crippen MR) is 67.7 cm³/mol. The number of hydrogen-bond donors (Lipinski definition) is 2. The van der Waals surface area contributed by atoms with Crippen LogP contribution in [0.5, 0.6) is 5.75 Å². The Labute approximate surface area is 109 Å². The first kappa shape index (κ1) is 13.3. The molecule has 0 heterocycles. The van der Waals surface area contributed by atoms with Crippen molar-refractivity contribution in [2.75, 3.05) is 12.3 Å². The van der Waals surface area contributed by atoms with Gasteiger partial charge in [-0.1, -0.05) is 18.2 Å². The number of ether oxygens (including phenoxy) is 1. The van der Waals surface area contributed by atoms with Crippen molar-refractivity contribution in [1.29, 1.82) is 0 Å². The molecular formula is C14H13F2NO2. The first-order chi connectivity index (χ1) is 9.08. The SMILES string of the molecule is Nc1cccc(C(O)COc2cccc(F)c2F)c1. The third-order valence-corrected chi connectivity index (χ3v) is 2.61. The molecule has 1 unspecified atom stereocenters. The summed E-state index contributed by atoms with van der Waals surface area (Å²) in [5, 5.41) is 9.87. The number of halogens is 2. The van der Waals surface area contributed by atoms with Crippen molar-refractivity contribution in [3.63, 3.8) is 0 Å². The van der Waals surface area contributed by atoms with E-state index in [4.69, 9.17) is 10.5 Å². The molecule has 0 amide bonds. The first-order valence-corrected chi connectivity index (χ1v) is 5.68. The Kier molecular flexibility index (Phi) is 3.97. The van der Waals surface area contributed by atoms with Crippen LogP contribution in [-0.2, 0) is 0 Å². The summed E-state index contributed by atoms with van der Waals surface area (Å²) in [7, 11) is 0. The van der Waals surface area contributed by atoms with Gasteiger partial charge in [0.1, 0.15) is 12.7 Å². The van der Waals surface area contributed by atoms with Crippen molar-refractivity contribution < 1.29 is 18.6 Å². The third-order valence-electron chi connectivity index (χ3n) is 2.61. The monoisotopic (exact) mass is 265 g/mol. The molecule has 2 aromatic carbocycles. The van der Waals surface area contributed by atoms with Gasteiger partial charge in [0.25, 0.3) is 0 Å². The fraction of sp³-hybridized carbons (Fsp3) is 0.143. The lowest BCUT2D eigenvalue weighted by Crippen LogP contribution is -2.11. The standard InChI is InChI=1S/C14H13F2NO2/c15-11-5-2-6-13(14(11)16)19-8-12(18)9-3-1-4-10(17)7-9/h1-7,12,18H,8,17H2. The summed E-state index contributed by atoms with van der Waals surface area (Å²) >= 11 is 0. The van der Waals surface area contributed by atoms with Crippen molar-refractivity contribution in [3.05, 3.63) is 59.7 Å². The van der Waals surface area contributed by atoms with E-state index in [0.717, 1.165) is 6.07 Å². The normalized spacial score (nSPS) is 12.2. The molecule has 1 atom stereocenters. The van der Waals surface area contributed by atoms with Gasteiger partial charge in [0.15, 0.2) is 11.6 Å². The number of aliphatic hydroxyl groups is 1. The highest BCUT2D eigenvalue weighted by Crippen LogP contribution is 2.22. The van der Waals surface area contributed by atoms with Crippen LogP contribution < -0.4 is 10.5 Å². The number of nitrogens with two attached hydrogens (primary N) is 1. The fourth-order valence-electron chi connectivity index (χ4n) is 1.63. The Morgan fingerprint density at radius 2 is 1.89 bits per heavy atom. The van der Waals surface area contributed by atoms with E-state index in [1.807, 2.05) is 0 Å². The molecule has 0 aliphatic rings. The Balaban J connectivity index is 2.04. The van der Waals surface area contributed by atoms with E-state index in [2.05, 4.69) is 0 Å². The second-order valence-electron chi connectivity index (χ2n) is 4.05. The zero-order chi connectivity index (χ0) is 13.8. The average molecular weight is 265 g/mol. The molecule has 0 saturated carbocycles. The van der Waals surface area contributed by atoms with Crippen LogP contribution in [0.15, 0.2) is 42.5 Å². The van der Waals surface area contributed by atoms with E-state index in [1.54, 1.807) is 24.3 Å². The molecular weight excluding hydrogens is 252 g/mol. The summed E-state index contributed by atoms with van der Waals surface area (Å²) in [5.41, 5.74) is 6.65. The molecule has 0 radical (unpaired) electrons. The van der Waals surface area contributed by atoms with E-state index in [1.165, 1.54) is 12.1 Å². The highest BCUT2D eigenvalue weighted by Gasteiger charge is 2.12. The number of hydrogen-bond acceptors (Lipinski definition) is 3. The average Bonchev–Trinajstić information content (AvgIpc) is 2.40. The Bertz CT molecular complexity index is 575. The van der Waals surface area contributed by atoms with Crippen LogP contribution in [0.2, 0.25) is 0 Å². The second kappa shape index (κ2) is 5.67. The summed E-state index contributed by atoms with van der Waals surface area (Å²) < 4.78 is 31.3. The zero-order valence-corrected chi connectivity index (χ0v) is 10.0. The van der Waals surface area contributed by atoms with Crippen LogP contribution >= 0.6 is 0 Å². The van der Waals surface area contributed by atoms with E-state index >= 15 is 0 Å². The number of aliphatic hydroxyl groups excluding tert-OH is 1. The number of benzene rings is 2. The third kappa shape index (κ3) is 3.20. The van der Waals surface area contributed by atoms with E-state index in [0.29, 0.717) is 11.3 Å². The van der Waals surface area contributed by atoms with Crippen LogP contribution in [0.4, 0.5) is 14.5 Å². The molecule has 0 fully saturated rings.